The van der Waals surface area contributed by atoms with Crippen LogP contribution in [0.4, 0.5) is 0 Å². The number of nitrogens with zero attached hydrogens (tertiary/aromatic N) is 1. The molecule has 132 valence electrons. The molecular formula is C19H20ClNO4. The normalized spacial score (nSPS) is 15.3. The topological polar surface area (TPSA) is 59.0 Å². The number of hydrogen-bond donors (Lipinski definition) is 1. The second kappa shape index (κ2) is 7.33. The lowest BCUT2D eigenvalue weighted by Crippen LogP contribution is -2.38. The Hall–Kier alpha value is -2.24. The van der Waals surface area contributed by atoms with Crippen LogP contribution in [0.15, 0.2) is 36.4 Å². The zero-order valence-electron chi connectivity index (χ0n) is 14.2. The predicted octanol–water partition coefficient (Wildman–Crippen LogP) is 3.54. The molecule has 0 spiro atoms. The van der Waals surface area contributed by atoms with Gasteiger partial charge in [0.25, 0.3) is 0 Å². The smallest absolute Gasteiger partial charge is 0.325 e. The van der Waals surface area contributed by atoms with Crippen LogP contribution in [0.1, 0.15) is 22.7 Å². The van der Waals surface area contributed by atoms with Crippen molar-refractivity contribution >= 4 is 17.6 Å². The summed E-state index contributed by atoms with van der Waals surface area (Å²) < 4.78 is 10.7. The van der Waals surface area contributed by atoms with Crippen LogP contribution in [-0.4, -0.2) is 36.7 Å². The molecule has 1 heterocycles. The Balaban J connectivity index is 1.93. The molecule has 2 aromatic rings. The molecule has 25 heavy (non-hydrogen) atoms. The van der Waals surface area contributed by atoms with Crippen molar-refractivity contribution in [1.29, 1.82) is 0 Å². The van der Waals surface area contributed by atoms with Gasteiger partial charge in [0, 0.05) is 18.1 Å². The first-order valence-electron chi connectivity index (χ1n) is 7.99. The summed E-state index contributed by atoms with van der Waals surface area (Å²) in [5, 5.41) is 10.3. The minimum absolute atomic E-state index is 0.527. The summed E-state index contributed by atoms with van der Waals surface area (Å²) in [6.07, 6.45) is 0.750. The summed E-state index contributed by atoms with van der Waals surface area (Å²) in [4.78, 5) is 13.9. The van der Waals surface area contributed by atoms with Gasteiger partial charge in [-0.1, -0.05) is 23.7 Å². The fourth-order valence-electron chi connectivity index (χ4n) is 3.31. The Labute approximate surface area is 151 Å². The Morgan fingerprint density at radius 3 is 2.44 bits per heavy atom. The molecule has 1 aliphatic heterocycles. The molecule has 6 heteroatoms. The van der Waals surface area contributed by atoms with Gasteiger partial charge >= 0.3 is 5.97 Å². The van der Waals surface area contributed by atoms with Crippen molar-refractivity contribution in [3.8, 4) is 11.5 Å². The third-order valence-electron chi connectivity index (χ3n) is 4.51. The van der Waals surface area contributed by atoms with Crippen LogP contribution in [0, 0.1) is 0 Å². The molecule has 0 bridgehead atoms. The lowest BCUT2D eigenvalue weighted by Gasteiger charge is -2.34. The van der Waals surface area contributed by atoms with Crippen molar-refractivity contribution in [1.82, 2.24) is 4.90 Å². The average molecular weight is 362 g/mol. The van der Waals surface area contributed by atoms with Crippen molar-refractivity contribution < 1.29 is 19.4 Å². The summed E-state index contributed by atoms with van der Waals surface area (Å²) >= 11 is 6.04. The van der Waals surface area contributed by atoms with E-state index in [-0.39, 0.29) is 0 Å². The van der Waals surface area contributed by atoms with Gasteiger partial charge in [-0.25, -0.2) is 0 Å². The van der Waals surface area contributed by atoms with Crippen molar-refractivity contribution in [3.05, 3.63) is 58.1 Å². The molecule has 5 nitrogen and oxygen atoms in total. The molecule has 0 fully saturated rings. The molecule has 0 amide bonds. The highest BCUT2D eigenvalue weighted by Crippen LogP contribution is 2.35. The molecule has 3 rings (SSSR count). The zero-order valence-corrected chi connectivity index (χ0v) is 14.9. The summed E-state index contributed by atoms with van der Waals surface area (Å²) in [5.74, 6) is 0.461. The molecule has 0 unspecified atom stereocenters. The second-order valence-electron chi connectivity index (χ2n) is 5.99. The largest absolute Gasteiger partial charge is 0.493 e. The van der Waals surface area contributed by atoms with E-state index in [1.165, 1.54) is 0 Å². The summed E-state index contributed by atoms with van der Waals surface area (Å²) in [6.45, 7) is 1.17. The standard InChI is InChI=1S/C19H20ClNO4/c1-24-16-9-12-6-7-21(11-14(12)10-17(16)25-2)18(19(22)23)13-4-3-5-15(20)8-13/h3-5,8-10,18H,6-7,11H2,1-2H3,(H,22,23)/t18-/m1/s1. The molecule has 1 N–H and O–H groups in total. The van der Waals surface area contributed by atoms with E-state index in [0.717, 1.165) is 17.5 Å². The Kier molecular flexibility index (Phi) is 5.16. The number of hydrogen-bond acceptors (Lipinski definition) is 4. The number of halogens is 1. The maximum atomic E-state index is 11.9. The van der Waals surface area contributed by atoms with Gasteiger partial charge in [-0.2, -0.15) is 0 Å². The first-order chi connectivity index (χ1) is 12.0. The van der Waals surface area contributed by atoms with Gasteiger partial charge in [0.05, 0.1) is 14.2 Å². The Bertz CT molecular complexity index is 793. The average Bonchev–Trinajstić information content (AvgIpc) is 2.60. The third kappa shape index (κ3) is 3.57. The SMILES string of the molecule is COc1cc2c(cc1OC)CN([C@@H](C(=O)O)c1cccc(Cl)c1)CC2. The first-order valence-corrected chi connectivity index (χ1v) is 8.37. The summed E-state index contributed by atoms with van der Waals surface area (Å²) in [7, 11) is 3.20. The number of benzene rings is 2. The fraction of sp³-hybridized carbons (Fsp3) is 0.316. The Morgan fingerprint density at radius 2 is 1.84 bits per heavy atom. The van der Waals surface area contributed by atoms with Crippen molar-refractivity contribution in [2.45, 2.75) is 19.0 Å². The van der Waals surface area contributed by atoms with Crippen LogP contribution in [0.2, 0.25) is 5.02 Å². The number of carboxylic acids is 1. The maximum absolute atomic E-state index is 11.9. The number of ether oxygens (including phenoxy) is 2. The molecule has 0 aromatic heterocycles. The quantitative estimate of drug-likeness (QED) is 0.882. The molecule has 0 saturated carbocycles. The van der Waals surface area contributed by atoms with E-state index in [2.05, 4.69) is 0 Å². The van der Waals surface area contributed by atoms with Crippen LogP contribution in [0.5, 0.6) is 11.5 Å². The maximum Gasteiger partial charge on any atom is 0.325 e. The van der Waals surface area contributed by atoms with E-state index >= 15 is 0 Å². The number of fused-ring (bicyclic) bond motifs is 1. The highest BCUT2D eigenvalue weighted by Gasteiger charge is 2.31. The summed E-state index contributed by atoms with van der Waals surface area (Å²) in [6, 6.07) is 10.2. The predicted molar refractivity (Wildman–Crippen MR) is 95.5 cm³/mol. The number of rotatable bonds is 5. The number of aliphatic carboxylic acids is 1. The molecule has 0 radical (unpaired) electrons. The highest BCUT2D eigenvalue weighted by molar-refractivity contribution is 6.30. The van der Waals surface area contributed by atoms with Gasteiger partial charge < -0.3 is 14.6 Å². The molecule has 1 atom stereocenters. The van der Waals surface area contributed by atoms with Crippen LogP contribution in [-0.2, 0) is 17.8 Å². The third-order valence-corrected chi connectivity index (χ3v) is 4.75. The van der Waals surface area contributed by atoms with E-state index in [1.54, 1.807) is 38.5 Å². The van der Waals surface area contributed by atoms with E-state index < -0.39 is 12.0 Å². The van der Waals surface area contributed by atoms with E-state index in [9.17, 15) is 9.90 Å². The van der Waals surface area contributed by atoms with E-state index in [0.29, 0.717) is 35.2 Å². The van der Waals surface area contributed by atoms with E-state index in [1.807, 2.05) is 17.0 Å². The molecule has 1 aliphatic rings. The van der Waals surface area contributed by atoms with Crippen LogP contribution >= 0.6 is 11.6 Å². The first kappa shape index (κ1) is 17.6. The van der Waals surface area contributed by atoms with Crippen molar-refractivity contribution in [2.75, 3.05) is 20.8 Å². The monoisotopic (exact) mass is 361 g/mol. The molecule has 2 aromatic carbocycles. The lowest BCUT2D eigenvalue weighted by atomic mass is 9.95. The molecule has 0 aliphatic carbocycles. The minimum Gasteiger partial charge on any atom is -0.493 e. The highest BCUT2D eigenvalue weighted by atomic mass is 35.5. The van der Waals surface area contributed by atoms with Gasteiger partial charge in [0.2, 0.25) is 0 Å². The van der Waals surface area contributed by atoms with Gasteiger partial charge in [-0.05, 0) is 47.4 Å². The van der Waals surface area contributed by atoms with Gasteiger partial charge in [-0.15, -0.1) is 0 Å². The van der Waals surface area contributed by atoms with Crippen LogP contribution in [0.25, 0.3) is 0 Å². The molecular weight excluding hydrogens is 342 g/mol. The van der Waals surface area contributed by atoms with Crippen LogP contribution in [0.3, 0.4) is 0 Å². The second-order valence-corrected chi connectivity index (χ2v) is 6.43. The van der Waals surface area contributed by atoms with Gasteiger partial charge in [0.15, 0.2) is 11.5 Å². The lowest BCUT2D eigenvalue weighted by molar-refractivity contribution is -0.144. The minimum atomic E-state index is -0.883. The Morgan fingerprint density at radius 1 is 1.16 bits per heavy atom. The van der Waals surface area contributed by atoms with Gasteiger partial charge in [0.1, 0.15) is 6.04 Å². The molecule has 0 saturated heterocycles. The van der Waals surface area contributed by atoms with Crippen molar-refractivity contribution in [3.63, 3.8) is 0 Å². The number of carbonyl (C=O) groups is 1. The van der Waals surface area contributed by atoms with Gasteiger partial charge in [-0.3, -0.25) is 9.69 Å². The van der Waals surface area contributed by atoms with Crippen LogP contribution < -0.4 is 9.47 Å². The summed E-state index contributed by atoms with van der Waals surface area (Å²) in [5.41, 5.74) is 2.89. The van der Waals surface area contributed by atoms with E-state index in [4.69, 9.17) is 21.1 Å². The number of carboxylic acid groups (broad SMARTS) is 1. The van der Waals surface area contributed by atoms with Crippen molar-refractivity contribution in [2.24, 2.45) is 0 Å². The zero-order chi connectivity index (χ0) is 18.0. The number of methoxy groups -OCH3 is 2. The fourth-order valence-corrected chi connectivity index (χ4v) is 3.51.